The largest absolute Gasteiger partial charge is 0.478 e. The van der Waals surface area contributed by atoms with Crippen molar-refractivity contribution in [3.63, 3.8) is 0 Å². The SMILES string of the molecule is O=C(O)C=CC=CC(=O)O.O=PO. The van der Waals surface area contributed by atoms with Crippen molar-refractivity contribution >= 4 is 20.6 Å². The number of aliphatic carboxylic acids is 2. The van der Waals surface area contributed by atoms with Crippen LogP contribution in [-0.4, -0.2) is 27.0 Å². The van der Waals surface area contributed by atoms with Crippen LogP contribution in [0, 0.1) is 0 Å². The Bertz CT molecular complexity index is 209. The highest BCUT2D eigenvalue weighted by Gasteiger charge is 1.83. The first kappa shape index (κ1) is 14.0. The molecule has 0 spiro atoms. The van der Waals surface area contributed by atoms with Crippen LogP contribution in [0.4, 0.5) is 0 Å². The summed E-state index contributed by atoms with van der Waals surface area (Å²) in [7, 11) is -0.833. The Morgan fingerprint density at radius 3 is 1.38 bits per heavy atom. The molecule has 13 heavy (non-hydrogen) atoms. The molecule has 0 saturated carbocycles. The Balaban J connectivity index is 0. The standard InChI is InChI=1S/C6H6O4.HO2P/c7-5(8)3-1-2-4-6(9)10;1-3-2/h1-4H,(H,7,8)(H,9,10);(H,1,2). The van der Waals surface area contributed by atoms with Crippen LogP contribution in [0.3, 0.4) is 0 Å². The van der Waals surface area contributed by atoms with Crippen LogP contribution in [0.25, 0.3) is 0 Å². The first-order valence-corrected chi connectivity index (χ1v) is 3.58. The van der Waals surface area contributed by atoms with Gasteiger partial charge in [-0.25, -0.2) is 14.2 Å². The van der Waals surface area contributed by atoms with Crippen molar-refractivity contribution in [2.45, 2.75) is 0 Å². The average molecular weight is 206 g/mol. The van der Waals surface area contributed by atoms with Gasteiger partial charge in [-0.15, -0.1) is 0 Å². The summed E-state index contributed by atoms with van der Waals surface area (Å²) >= 11 is 0. The Hall–Kier alpha value is -1.52. The topological polar surface area (TPSA) is 112 Å². The molecule has 7 heteroatoms. The number of allylic oxidation sites excluding steroid dienone is 2. The summed E-state index contributed by atoms with van der Waals surface area (Å²) in [6.45, 7) is 0. The third-order valence-electron chi connectivity index (χ3n) is 0.589. The Morgan fingerprint density at radius 2 is 1.23 bits per heavy atom. The van der Waals surface area contributed by atoms with E-state index in [-0.39, 0.29) is 0 Å². The Morgan fingerprint density at radius 1 is 1.00 bits per heavy atom. The van der Waals surface area contributed by atoms with Gasteiger partial charge in [0.25, 0.3) is 0 Å². The molecule has 0 aliphatic carbocycles. The van der Waals surface area contributed by atoms with E-state index in [1.165, 1.54) is 0 Å². The van der Waals surface area contributed by atoms with E-state index in [1.54, 1.807) is 0 Å². The maximum Gasteiger partial charge on any atom is 0.328 e. The van der Waals surface area contributed by atoms with Crippen molar-refractivity contribution in [2.75, 3.05) is 0 Å². The van der Waals surface area contributed by atoms with Gasteiger partial charge in [-0.1, -0.05) is 12.2 Å². The van der Waals surface area contributed by atoms with Gasteiger partial charge in [0.1, 0.15) is 0 Å². The lowest BCUT2D eigenvalue weighted by Gasteiger charge is -1.75. The summed E-state index contributed by atoms with van der Waals surface area (Å²) in [5, 5.41) is 16.0. The summed E-state index contributed by atoms with van der Waals surface area (Å²) in [5.41, 5.74) is 0. The van der Waals surface area contributed by atoms with Crippen LogP contribution in [0.1, 0.15) is 0 Å². The summed E-state index contributed by atoms with van der Waals surface area (Å²) in [5.74, 6) is -2.20. The van der Waals surface area contributed by atoms with Gasteiger partial charge in [-0.3, -0.25) is 0 Å². The molecule has 0 radical (unpaired) electrons. The molecule has 6 nitrogen and oxygen atoms in total. The van der Waals surface area contributed by atoms with Gasteiger partial charge >= 0.3 is 20.6 Å². The zero-order chi connectivity index (χ0) is 10.7. The van der Waals surface area contributed by atoms with E-state index >= 15 is 0 Å². The second-order valence-corrected chi connectivity index (χ2v) is 1.64. The zero-order valence-corrected chi connectivity index (χ0v) is 7.22. The van der Waals surface area contributed by atoms with E-state index in [9.17, 15) is 9.59 Å². The van der Waals surface area contributed by atoms with Gasteiger partial charge < -0.3 is 15.1 Å². The van der Waals surface area contributed by atoms with E-state index in [1.807, 2.05) is 0 Å². The maximum atomic E-state index is 9.78. The molecular formula is C6H7O6P. The highest BCUT2D eigenvalue weighted by molar-refractivity contribution is 7.16. The van der Waals surface area contributed by atoms with E-state index in [0.717, 1.165) is 24.3 Å². The number of hydrogen-bond donors (Lipinski definition) is 3. The summed E-state index contributed by atoms with van der Waals surface area (Å²) < 4.78 is 8.46. The van der Waals surface area contributed by atoms with Gasteiger partial charge in [0.15, 0.2) is 0 Å². The molecule has 0 amide bonds. The predicted molar refractivity (Wildman–Crippen MR) is 43.4 cm³/mol. The summed E-state index contributed by atoms with van der Waals surface area (Å²) in [4.78, 5) is 26.5. The Kier molecular flexibility index (Phi) is 11.3. The first-order valence-electron chi connectivity index (χ1n) is 2.82. The van der Waals surface area contributed by atoms with Crippen LogP contribution in [-0.2, 0) is 14.2 Å². The lowest BCUT2D eigenvalue weighted by Crippen LogP contribution is -1.86. The molecule has 0 rings (SSSR count). The molecule has 0 aliphatic heterocycles. The molecule has 0 saturated heterocycles. The second-order valence-electron chi connectivity index (χ2n) is 1.48. The van der Waals surface area contributed by atoms with Gasteiger partial charge in [0.2, 0.25) is 0 Å². The number of rotatable bonds is 3. The molecule has 0 unspecified atom stereocenters. The number of carboxylic acids is 2. The van der Waals surface area contributed by atoms with Gasteiger partial charge in [0.05, 0.1) is 0 Å². The minimum absolute atomic E-state index is 0.833. The van der Waals surface area contributed by atoms with E-state index in [0.29, 0.717) is 0 Å². The molecule has 0 aromatic carbocycles. The fourth-order valence-corrected chi connectivity index (χ4v) is 0.276. The highest BCUT2D eigenvalue weighted by atomic mass is 31.1. The molecule has 0 fully saturated rings. The first-order chi connectivity index (χ1) is 6.04. The minimum atomic E-state index is -1.10. The monoisotopic (exact) mass is 206 g/mol. The average Bonchev–Trinajstić information content (AvgIpc) is 1.99. The lowest BCUT2D eigenvalue weighted by molar-refractivity contribution is -0.132. The van der Waals surface area contributed by atoms with Crippen molar-refractivity contribution in [3.8, 4) is 0 Å². The normalized spacial score (nSPS) is 9.92. The number of carboxylic acid groups (broad SMARTS) is 2. The Labute approximate surface area is 75.1 Å². The van der Waals surface area contributed by atoms with Crippen molar-refractivity contribution in [3.05, 3.63) is 24.3 Å². The van der Waals surface area contributed by atoms with Crippen molar-refractivity contribution < 1.29 is 29.3 Å². The number of carbonyl (C=O) groups is 2. The molecule has 3 N–H and O–H groups in total. The van der Waals surface area contributed by atoms with E-state index in [4.69, 9.17) is 19.7 Å². The number of hydrogen-bond acceptors (Lipinski definition) is 3. The molecule has 0 aromatic heterocycles. The molecule has 0 bridgehead atoms. The van der Waals surface area contributed by atoms with Gasteiger partial charge in [0, 0.05) is 12.2 Å². The van der Waals surface area contributed by atoms with Gasteiger partial charge in [-0.2, -0.15) is 0 Å². The van der Waals surface area contributed by atoms with Crippen LogP contribution in [0.15, 0.2) is 24.3 Å². The smallest absolute Gasteiger partial charge is 0.328 e. The zero-order valence-electron chi connectivity index (χ0n) is 6.32. The van der Waals surface area contributed by atoms with E-state index < -0.39 is 20.6 Å². The van der Waals surface area contributed by atoms with Crippen molar-refractivity contribution in [1.82, 2.24) is 0 Å². The molecule has 0 atom stereocenters. The fraction of sp³-hybridized carbons (Fsp3) is 0. The fourth-order valence-electron chi connectivity index (χ4n) is 0.276. The second kappa shape index (κ2) is 10.5. The van der Waals surface area contributed by atoms with Gasteiger partial charge in [-0.05, 0) is 0 Å². The highest BCUT2D eigenvalue weighted by Crippen LogP contribution is 1.76. The van der Waals surface area contributed by atoms with Crippen molar-refractivity contribution in [1.29, 1.82) is 0 Å². The molecule has 0 aliphatic rings. The third-order valence-corrected chi connectivity index (χ3v) is 0.589. The molecule has 72 valence electrons. The van der Waals surface area contributed by atoms with Crippen LogP contribution in [0.2, 0.25) is 0 Å². The van der Waals surface area contributed by atoms with Crippen molar-refractivity contribution in [2.24, 2.45) is 0 Å². The van der Waals surface area contributed by atoms with E-state index in [2.05, 4.69) is 0 Å². The quantitative estimate of drug-likeness (QED) is 0.351. The summed E-state index contributed by atoms with van der Waals surface area (Å²) in [6.07, 6.45) is 3.96. The van der Waals surface area contributed by atoms with Crippen LogP contribution >= 0.6 is 8.69 Å². The minimum Gasteiger partial charge on any atom is -0.478 e. The lowest BCUT2D eigenvalue weighted by atomic mass is 10.4. The third kappa shape index (κ3) is 25.1. The maximum absolute atomic E-state index is 9.78. The summed E-state index contributed by atoms with van der Waals surface area (Å²) in [6, 6.07) is 0. The molecule has 0 heterocycles. The molecular weight excluding hydrogens is 199 g/mol. The molecule has 0 aromatic rings. The van der Waals surface area contributed by atoms with Crippen LogP contribution in [0.5, 0.6) is 0 Å². The van der Waals surface area contributed by atoms with Crippen LogP contribution < -0.4 is 0 Å². The predicted octanol–water partition coefficient (Wildman–Crippen LogP) is 0.453.